The van der Waals surface area contributed by atoms with Gasteiger partial charge in [-0.1, -0.05) is 33.6 Å². The molecule has 2 N–H and O–H groups in total. The molecular formula is C21H29NO5. The fourth-order valence-corrected chi connectivity index (χ4v) is 3.09. The van der Waals surface area contributed by atoms with Gasteiger partial charge in [0.15, 0.2) is 6.61 Å². The van der Waals surface area contributed by atoms with Crippen molar-refractivity contribution in [3.63, 3.8) is 0 Å². The van der Waals surface area contributed by atoms with Gasteiger partial charge in [0.05, 0.1) is 18.0 Å². The third-order valence-corrected chi connectivity index (χ3v) is 4.79. The van der Waals surface area contributed by atoms with Crippen molar-refractivity contribution in [1.82, 2.24) is 5.32 Å². The van der Waals surface area contributed by atoms with Crippen LogP contribution in [-0.4, -0.2) is 30.3 Å². The number of fused-ring (bicyclic) bond motifs is 1. The highest BCUT2D eigenvalue weighted by atomic mass is 16.5. The van der Waals surface area contributed by atoms with Gasteiger partial charge in [-0.3, -0.25) is 4.79 Å². The maximum Gasteiger partial charge on any atom is 0.336 e. The molecule has 0 spiro atoms. The van der Waals surface area contributed by atoms with Crippen LogP contribution in [0.1, 0.15) is 44.7 Å². The van der Waals surface area contributed by atoms with Crippen LogP contribution in [0.15, 0.2) is 27.4 Å². The van der Waals surface area contributed by atoms with E-state index in [1.807, 2.05) is 33.8 Å². The number of hydrogen-bond acceptors (Lipinski definition) is 5. The van der Waals surface area contributed by atoms with Crippen LogP contribution in [0.25, 0.3) is 11.0 Å². The Labute approximate surface area is 159 Å². The van der Waals surface area contributed by atoms with Gasteiger partial charge in [0.25, 0.3) is 5.91 Å². The fraction of sp³-hybridized carbons (Fsp3) is 0.524. The summed E-state index contributed by atoms with van der Waals surface area (Å²) in [6.07, 6.45) is 2.45. The standard InChI is InChI=1S/C21H29NO5/c1-5-7-15-10-20(25)27-18-9-13(3)8-17(21(15)18)26-12-19(24)22-16(11-23)14(4)6-2/h8-10,14,16,23H,5-7,11-12H2,1-4H3,(H,22,24)/t14-,16-/m0/s1. The number of carbonyl (C=O) groups excluding carboxylic acids is 1. The highest BCUT2D eigenvalue weighted by Crippen LogP contribution is 2.30. The monoisotopic (exact) mass is 375 g/mol. The van der Waals surface area contributed by atoms with Crippen molar-refractivity contribution < 1.29 is 19.1 Å². The average Bonchev–Trinajstić information content (AvgIpc) is 2.63. The van der Waals surface area contributed by atoms with Crippen molar-refractivity contribution in [2.75, 3.05) is 13.2 Å². The van der Waals surface area contributed by atoms with Crippen LogP contribution in [0.5, 0.6) is 5.75 Å². The van der Waals surface area contributed by atoms with Crippen LogP contribution in [0.4, 0.5) is 0 Å². The molecule has 6 heteroatoms. The molecule has 0 saturated heterocycles. The molecule has 0 unspecified atom stereocenters. The smallest absolute Gasteiger partial charge is 0.336 e. The predicted octanol–water partition coefficient (Wildman–Crippen LogP) is 2.96. The first kappa shape index (κ1) is 21.0. The molecule has 2 aromatic rings. The Hall–Kier alpha value is -2.34. The molecule has 1 heterocycles. The van der Waals surface area contributed by atoms with E-state index in [1.54, 1.807) is 6.07 Å². The molecule has 0 aliphatic rings. The molecule has 1 aromatic heterocycles. The first-order valence-corrected chi connectivity index (χ1v) is 9.49. The van der Waals surface area contributed by atoms with Gasteiger partial charge in [-0.2, -0.15) is 0 Å². The second kappa shape index (κ2) is 9.55. The summed E-state index contributed by atoms with van der Waals surface area (Å²) >= 11 is 0. The van der Waals surface area contributed by atoms with Crippen LogP contribution in [0, 0.1) is 12.8 Å². The van der Waals surface area contributed by atoms with Crippen LogP contribution in [0.2, 0.25) is 0 Å². The Kier molecular flexibility index (Phi) is 7.42. The Morgan fingerprint density at radius 2 is 2.04 bits per heavy atom. The quantitative estimate of drug-likeness (QED) is 0.658. The van der Waals surface area contributed by atoms with Gasteiger partial charge in [0, 0.05) is 6.07 Å². The summed E-state index contributed by atoms with van der Waals surface area (Å²) in [7, 11) is 0. The van der Waals surface area contributed by atoms with Gasteiger partial charge in [0.1, 0.15) is 11.3 Å². The number of aliphatic hydroxyl groups excluding tert-OH is 1. The molecule has 0 radical (unpaired) electrons. The SMILES string of the molecule is CCCc1cc(=O)oc2cc(C)cc(OCC(=O)N[C@@H](CO)[C@@H](C)CC)c12. The van der Waals surface area contributed by atoms with Crippen LogP contribution >= 0.6 is 0 Å². The summed E-state index contributed by atoms with van der Waals surface area (Å²) in [5.74, 6) is 0.402. The van der Waals surface area contributed by atoms with E-state index in [4.69, 9.17) is 9.15 Å². The zero-order valence-electron chi connectivity index (χ0n) is 16.5. The van der Waals surface area contributed by atoms with Crippen LogP contribution in [0.3, 0.4) is 0 Å². The van der Waals surface area contributed by atoms with E-state index in [2.05, 4.69) is 5.32 Å². The van der Waals surface area contributed by atoms with Crippen LogP contribution < -0.4 is 15.7 Å². The maximum atomic E-state index is 12.3. The van der Waals surface area contributed by atoms with Crippen LogP contribution in [-0.2, 0) is 11.2 Å². The minimum absolute atomic E-state index is 0.111. The lowest BCUT2D eigenvalue weighted by molar-refractivity contribution is -0.124. The Balaban J connectivity index is 2.25. The molecule has 0 fully saturated rings. The van der Waals surface area contributed by atoms with E-state index >= 15 is 0 Å². The molecule has 2 rings (SSSR count). The minimum Gasteiger partial charge on any atom is -0.483 e. The normalized spacial score (nSPS) is 13.4. The molecule has 2 atom stereocenters. The zero-order chi connectivity index (χ0) is 20.0. The summed E-state index contributed by atoms with van der Waals surface area (Å²) in [6, 6.07) is 4.83. The zero-order valence-corrected chi connectivity index (χ0v) is 16.5. The number of aryl methyl sites for hydroxylation is 2. The molecule has 0 aliphatic heterocycles. The molecule has 0 aliphatic carbocycles. The second-order valence-electron chi connectivity index (χ2n) is 7.01. The largest absolute Gasteiger partial charge is 0.483 e. The van der Waals surface area contributed by atoms with Crippen molar-refractivity contribution in [3.8, 4) is 5.75 Å². The number of benzene rings is 1. The van der Waals surface area contributed by atoms with Crippen molar-refractivity contribution in [3.05, 3.63) is 39.7 Å². The fourth-order valence-electron chi connectivity index (χ4n) is 3.09. The highest BCUT2D eigenvalue weighted by Gasteiger charge is 2.18. The average molecular weight is 375 g/mol. The van der Waals surface area contributed by atoms with E-state index in [9.17, 15) is 14.7 Å². The molecule has 1 aromatic carbocycles. The van der Waals surface area contributed by atoms with Gasteiger partial charge >= 0.3 is 5.63 Å². The third-order valence-electron chi connectivity index (χ3n) is 4.79. The number of hydrogen-bond donors (Lipinski definition) is 2. The van der Waals surface area contributed by atoms with Crippen molar-refractivity contribution in [2.45, 2.75) is 53.0 Å². The number of nitrogens with one attached hydrogen (secondary N) is 1. The highest BCUT2D eigenvalue weighted by molar-refractivity contribution is 5.88. The molecular weight excluding hydrogens is 346 g/mol. The molecule has 6 nitrogen and oxygen atoms in total. The Bertz CT molecular complexity index is 842. The number of carbonyl (C=O) groups is 1. The predicted molar refractivity (Wildman–Crippen MR) is 105 cm³/mol. The first-order chi connectivity index (χ1) is 12.9. The van der Waals surface area contributed by atoms with Crippen molar-refractivity contribution in [1.29, 1.82) is 0 Å². The minimum atomic E-state index is -0.389. The lowest BCUT2D eigenvalue weighted by atomic mass is 10.00. The molecule has 1 amide bonds. The van der Waals surface area contributed by atoms with Gasteiger partial charge < -0.3 is 19.6 Å². The van der Waals surface area contributed by atoms with E-state index in [0.29, 0.717) is 17.8 Å². The van der Waals surface area contributed by atoms with Crippen molar-refractivity contribution >= 4 is 16.9 Å². The van der Waals surface area contributed by atoms with E-state index in [1.165, 1.54) is 6.07 Å². The third kappa shape index (κ3) is 5.32. The lowest BCUT2D eigenvalue weighted by Crippen LogP contribution is -2.43. The summed E-state index contributed by atoms with van der Waals surface area (Å²) in [6.45, 7) is 7.62. The molecule has 27 heavy (non-hydrogen) atoms. The number of rotatable bonds is 9. The van der Waals surface area contributed by atoms with Gasteiger partial charge in [-0.25, -0.2) is 4.79 Å². The number of amides is 1. The van der Waals surface area contributed by atoms with Gasteiger partial charge in [-0.05, 0) is 42.5 Å². The van der Waals surface area contributed by atoms with E-state index in [0.717, 1.165) is 29.4 Å². The molecule has 0 saturated carbocycles. The summed E-state index contributed by atoms with van der Waals surface area (Å²) in [5.41, 5.74) is 1.81. The lowest BCUT2D eigenvalue weighted by Gasteiger charge is -2.22. The van der Waals surface area contributed by atoms with Gasteiger partial charge in [-0.15, -0.1) is 0 Å². The molecule has 0 bridgehead atoms. The summed E-state index contributed by atoms with van der Waals surface area (Å²) in [4.78, 5) is 24.1. The Morgan fingerprint density at radius 1 is 1.30 bits per heavy atom. The Morgan fingerprint density at radius 3 is 2.67 bits per heavy atom. The van der Waals surface area contributed by atoms with E-state index in [-0.39, 0.29) is 36.7 Å². The summed E-state index contributed by atoms with van der Waals surface area (Å²) < 4.78 is 11.1. The topological polar surface area (TPSA) is 88.8 Å². The van der Waals surface area contributed by atoms with E-state index < -0.39 is 0 Å². The molecule has 148 valence electrons. The van der Waals surface area contributed by atoms with Crippen molar-refractivity contribution in [2.24, 2.45) is 5.92 Å². The summed E-state index contributed by atoms with van der Waals surface area (Å²) in [5, 5.41) is 13.0. The maximum absolute atomic E-state index is 12.3. The second-order valence-corrected chi connectivity index (χ2v) is 7.01. The number of aliphatic hydroxyl groups is 1. The first-order valence-electron chi connectivity index (χ1n) is 9.49. The van der Waals surface area contributed by atoms with Gasteiger partial charge in [0.2, 0.25) is 0 Å². The number of ether oxygens (including phenoxy) is 1.